The zero-order valence-corrected chi connectivity index (χ0v) is 14.3. The van der Waals surface area contributed by atoms with Gasteiger partial charge in [-0.2, -0.15) is 0 Å². The van der Waals surface area contributed by atoms with Crippen LogP contribution in [0.1, 0.15) is 31.2 Å². The van der Waals surface area contributed by atoms with Crippen molar-refractivity contribution in [2.45, 2.75) is 31.4 Å². The molecule has 1 atom stereocenters. The zero-order chi connectivity index (χ0) is 13.6. The van der Waals surface area contributed by atoms with Gasteiger partial charge in [-0.1, -0.05) is 15.9 Å². The normalized spacial score (nSPS) is 25.4. The van der Waals surface area contributed by atoms with E-state index >= 15 is 0 Å². The molecule has 0 aromatic heterocycles. The molecule has 1 aliphatic carbocycles. The molecule has 0 spiro atoms. The Labute approximate surface area is 131 Å². The van der Waals surface area contributed by atoms with Crippen LogP contribution in [-0.2, 0) is 0 Å². The Kier molecular flexibility index (Phi) is 3.52. The predicted octanol–water partition coefficient (Wildman–Crippen LogP) is 4.82. The van der Waals surface area contributed by atoms with Crippen molar-refractivity contribution in [2.75, 3.05) is 14.1 Å². The monoisotopic (exact) mass is 385 g/mol. The van der Waals surface area contributed by atoms with Gasteiger partial charge in [-0.25, -0.2) is 0 Å². The molecule has 1 saturated carbocycles. The maximum absolute atomic E-state index is 6.46. The van der Waals surface area contributed by atoms with Crippen LogP contribution in [0.3, 0.4) is 0 Å². The molecule has 0 N–H and O–H groups in total. The average molecular weight is 387 g/mol. The molecule has 2 aliphatic rings. The fourth-order valence-corrected chi connectivity index (χ4v) is 4.43. The number of rotatable bonds is 1. The number of hydrogen-bond acceptors (Lipinski definition) is 2. The van der Waals surface area contributed by atoms with Crippen LogP contribution in [0.25, 0.3) is 6.08 Å². The standard InChI is InChI=1S/C15H17Br2NO/c1-18(2)15-6-4-3-5-11(15)7-10-8-12(16)9-13(17)14(10)19-15/h7-9H,3-6H2,1-2H3. The summed E-state index contributed by atoms with van der Waals surface area (Å²) >= 11 is 7.17. The fourth-order valence-electron chi connectivity index (χ4n) is 3.09. The number of likely N-dealkylation sites (N-methyl/N-ethyl adjacent to an activating group) is 1. The van der Waals surface area contributed by atoms with Crippen LogP contribution >= 0.6 is 31.9 Å². The third-order valence-corrected chi connectivity index (χ3v) is 5.12. The van der Waals surface area contributed by atoms with Gasteiger partial charge < -0.3 is 4.74 Å². The number of fused-ring (bicyclic) bond motifs is 2. The second-order valence-electron chi connectivity index (χ2n) is 5.46. The van der Waals surface area contributed by atoms with Gasteiger partial charge in [0.05, 0.1) is 4.47 Å². The van der Waals surface area contributed by atoms with Crippen molar-refractivity contribution in [1.29, 1.82) is 0 Å². The minimum Gasteiger partial charge on any atom is -0.467 e. The molecule has 1 aliphatic heterocycles. The number of halogens is 2. The summed E-state index contributed by atoms with van der Waals surface area (Å²) in [7, 11) is 4.22. The lowest BCUT2D eigenvalue weighted by molar-refractivity contribution is -0.0457. The third-order valence-electron chi connectivity index (χ3n) is 4.07. The quantitative estimate of drug-likeness (QED) is 0.685. The summed E-state index contributed by atoms with van der Waals surface area (Å²) in [5.74, 6) is 0.961. The topological polar surface area (TPSA) is 12.5 Å². The van der Waals surface area contributed by atoms with Crippen LogP contribution in [-0.4, -0.2) is 24.7 Å². The lowest BCUT2D eigenvalue weighted by Gasteiger charge is -2.47. The Morgan fingerprint density at radius 2 is 2.00 bits per heavy atom. The highest BCUT2D eigenvalue weighted by molar-refractivity contribution is 9.11. The van der Waals surface area contributed by atoms with Gasteiger partial charge in [0, 0.05) is 16.5 Å². The van der Waals surface area contributed by atoms with E-state index in [1.165, 1.54) is 18.4 Å². The second kappa shape index (κ2) is 4.90. The van der Waals surface area contributed by atoms with Crippen molar-refractivity contribution in [1.82, 2.24) is 4.90 Å². The zero-order valence-electron chi connectivity index (χ0n) is 11.2. The molecule has 2 nitrogen and oxygen atoms in total. The van der Waals surface area contributed by atoms with Crippen molar-refractivity contribution in [3.8, 4) is 5.75 Å². The van der Waals surface area contributed by atoms with Gasteiger partial charge in [-0.05, 0) is 73.1 Å². The van der Waals surface area contributed by atoms with Gasteiger partial charge in [0.15, 0.2) is 5.72 Å². The van der Waals surface area contributed by atoms with Crippen molar-refractivity contribution < 1.29 is 4.74 Å². The Morgan fingerprint density at radius 1 is 1.21 bits per heavy atom. The van der Waals surface area contributed by atoms with Crippen LogP contribution in [0.5, 0.6) is 5.75 Å². The lowest BCUT2D eigenvalue weighted by Crippen LogP contribution is -2.53. The van der Waals surface area contributed by atoms with Gasteiger partial charge in [0.1, 0.15) is 5.75 Å². The first-order chi connectivity index (χ1) is 9.03. The summed E-state index contributed by atoms with van der Waals surface area (Å²) in [5.41, 5.74) is 2.32. The number of hydrogen-bond donors (Lipinski definition) is 0. The Balaban J connectivity index is 2.16. The van der Waals surface area contributed by atoms with Crippen molar-refractivity contribution >= 4 is 37.9 Å². The SMILES string of the molecule is CN(C)C12CCCCC1=Cc1cc(Br)cc(Br)c1O2. The van der Waals surface area contributed by atoms with E-state index in [2.05, 4.69) is 63.0 Å². The lowest BCUT2D eigenvalue weighted by atomic mass is 9.82. The molecule has 1 heterocycles. The van der Waals surface area contributed by atoms with E-state index < -0.39 is 0 Å². The molecule has 0 radical (unpaired) electrons. The van der Waals surface area contributed by atoms with Gasteiger partial charge in [0.25, 0.3) is 0 Å². The van der Waals surface area contributed by atoms with Gasteiger partial charge in [-0.3, -0.25) is 4.90 Å². The highest BCUT2D eigenvalue weighted by Crippen LogP contribution is 2.47. The molecule has 3 rings (SSSR count). The van der Waals surface area contributed by atoms with Crippen LogP contribution in [0.15, 0.2) is 26.7 Å². The highest BCUT2D eigenvalue weighted by atomic mass is 79.9. The maximum Gasteiger partial charge on any atom is 0.185 e. The Hall–Kier alpha value is -0.320. The molecule has 4 heteroatoms. The molecule has 0 amide bonds. The number of benzene rings is 1. The summed E-state index contributed by atoms with van der Waals surface area (Å²) in [5, 5.41) is 0. The minimum atomic E-state index is -0.248. The molecule has 1 aromatic rings. The molecule has 1 unspecified atom stereocenters. The van der Waals surface area contributed by atoms with E-state index in [4.69, 9.17) is 4.74 Å². The summed E-state index contributed by atoms with van der Waals surface area (Å²) < 4.78 is 8.55. The Bertz CT molecular complexity index is 553. The minimum absolute atomic E-state index is 0.248. The fraction of sp³-hybridized carbons (Fsp3) is 0.467. The molecule has 1 fully saturated rings. The van der Waals surface area contributed by atoms with Gasteiger partial charge >= 0.3 is 0 Å². The third kappa shape index (κ3) is 2.18. The smallest absolute Gasteiger partial charge is 0.185 e. The van der Waals surface area contributed by atoms with E-state index in [9.17, 15) is 0 Å². The predicted molar refractivity (Wildman–Crippen MR) is 85.3 cm³/mol. The molecule has 1 aromatic carbocycles. The summed E-state index contributed by atoms with van der Waals surface area (Å²) in [6.07, 6.45) is 6.98. The van der Waals surface area contributed by atoms with E-state index in [0.717, 1.165) is 33.1 Å². The first kappa shape index (κ1) is 13.7. The molecule has 0 bridgehead atoms. The maximum atomic E-state index is 6.46. The second-order valence-corrected chi connectivity index (χ2v) is 7.23. The van der Waals surface area contributed by atoms with Gasteiger partial charge in [-0.15, -0.1) is 0 Å². The van der Waals surface area contributed by atoms with Crippen LogP contribution in [0.2, 0.25) is 0 Å². The van der Waals surface area contributed by atoms with Gasteiger partial charge in [0.2, 0.25) is 0 Å². The van der Waals surface area contributed by atoms with Crippen molar-refractivity contribution in [2.24, 2.45) is 0 Å². The van der Waals surface area contributed by atoms with Crippen LogP contribution in [0, 0.1) is 0 Å². The Morgan fingerprint density at radius 3 is 2.74 bits per heavy atom. The largest absolute Gasteiger partial charge is 0.467 e. The van der Waals surface area contributed by atoms with E-state index in [-0.39, 0.29) is 5.72 Å². The summed E-state index contributed by atoms with van der Waals surface area (Å²) in [4.78, 5) is 2.22. The molecular weight excluding hydrogens is 370 g/mol. The first-order valence-electron chi connectivity index (χ1n) is 6.59. The molecule has 102 valence electrons. The van der Waals surface area contributed by atoms with Crippen LogP contribution < -0.4 is 4.74 Å². The molecule has 0 saturated heterocycles. The first-order valence-corrected chi connectivity index (χ1v) is 8.18. The van der Waals surface area contributed by atoms with Crippen molar-refractivity contribution in [3.63, 3.8) is 0 Å². The van der Waals surface area contributed by atoms with E-state index in [1.54, 1.807) is 0 Å². The highest BCUT2D eigenvalue weighted by Gasteiger charge is 2.43. The van der Waals surface area contributed by atoms with E-state index in [0.29, 0.717) is 0 Å². The molecule has 19 heavy (non-hydrogen) atoms. The summed E-state index contributed by atoms with van der Waals surface area (Å²) in [6.45, 7) is 0. The number of nitrogens with zero attached hydrogens (tertiary/aromatic N) is 1. The molecular formula is C15H17Br2NO. The van der Waals surface area contributed by atoms with E-state index in [1.807, 2.05) is 6.07 Å². The number of ether oxygens (including phenoxy) is 1. The summed E-state index contributed by atoms with van der Waals surface area (Å²) in [6, 6.07) is 4.17. The van der Waals surface area contributed by atoms with Crippen molar-refractivity contribution in [3.05, 3.63) is 32.2 Å². The average Bonchev–Trinajstić information content (AvgIpc) is 2.36. The van der Waals surface area contributed by atoms with Crippen LogP contribution in [0.4, 0.5) is 0 Å².